The molecule has 5 rings (SSSR count). The number of esters is 1. The molecule has 3 unspecified atom stereocenters. The van der Waals surface area contributed by atoms with Crippen molar-refractivity contribution in [3.63, 3.8) is 0 Å². The van der Waals surface area contributed by atoms with Gasteiger partial charge in [0.2, 0.25) is 0 Å². The molecule has 7 nitrogen and oxygen atoms in total. The lowest BCUT2D eigenvalue weighted by Gasteiger charge is -2.35. The zero-order valence-electron chi connectivity index (χ0n) is 22.9. The minimum atomic E-state index is -0.645. The first-order valence-corrected chi connectivity index (χ1v) is 14.9. The highest BCUT2D eigenvalue weighted by Crippen LogP contribution is 2.35. The van der Waals surface area contributed by atoms with E-state index in [1.807, 2.05) is 36.4 Å². The number of furan rings is 1. The third kappa shape index (κ3) is 7.80. The summed E-state index contributed by atoms with van der Waals surface area (Å²) in [5.74, 6) is 0.418. The molecule has 0 saturated carbocycles. The summed E-state index contributed by atoms with van der Waals surface area (Å²) in [6.45, 7) is 2.59. The van der Waals surface area contributed by atoms with Crippen molar-refractivity contribution in [2.24, 2.45) is 4.99 Å². The molecule has 3 atom stereocenters. The Morgan fingerprint density at radius 2 is 1.88 bits per heavy atom. The summed E-state index contributed by atoms with van der Waals surface area (Å²) in [6, 6.07) is 18.7. The molecule has 2 aromatic carbocycles. The van der Waals surface area contributed by atoms with Gasteiger partial charge in [-0.15, -0.1) is 0 Å². The molecule has 0 spiro atoms. The highest BCUT2D eigenvalue weighted by atomic mass is 35.5. The maximum Gasteiger partial charge on any atom is 0.337 e. The van der Waals surface area contributed by atoms with Gasteiger partial charge in [0.05, 0.1) is 47.5 Å². The van der Waals surface area contributed by atoms with Crippen molar-refractivity contribution in [2.75, 3.05) is 26.3 Å². The molecule has 1 N–H and O–H groups in total. The molecule has 1 aromatic heterocycles. The van der Waals surface area contributed by atoms with Crippen LogP contribution in [0.4, 0.5) is 0 Å². The van der Waals surface area contributed by atoms with Crippen LogP contribution < -0.4 is 5.32 Å². The van der Waals surface area contributed by atoms with Crippen LogP contribution in [0.5, 0.6) is 0 Å². The number of piperidine rings is 1. The van der Waals surface area contributed by atoms with Crippen LogP contribution in [-0.4, -0.2) is 49.6 Å². The smallest absolute Gasteiger partial charge is 0.337 e. The monoisotopic (exact) mass is 595 g/mol. The number of hydrogen-bond donors (Lipinski definition) is 1. The Hall–Kier alpha value is -3.10. The first-order valence-electron chi connectivity index (χ1n) is 14.1. The molecule has 1 fully saturated rings. The van der Waals surface area contributed by atoms with Gasteiger partial charge >= 0.3 is 5.97 Å². The third-order valence-electron chi connectivity index (χ3n) is 7.48. The van der Waals surface area contributed by atoms with E-state index >= 15 is 0 Å². The van der Waals surface area contributed by atoms with Crippen LogP contribution in [0.15, 0.2) is 88.1 Å². The molecule has 0 aliphatic carbocycles. The number of halogens is 2. The molecule has 41 heavy (non-hydrogen) atoms. The quantitative estimate of drug-likeness (QED) is 0.181. The van der Waals surface area contributed by atoms with Crippen molar-refractivity contribution in [3.05, 3.63) is 106 Å². The van der Waals surface area contributed by atoms with Crippen molar-refractivity contribution in [1.29, 1.82) is 0 Å². The Morgan fingerprint density at radius 1 is 1.05 bits per heavy atom. The number of nitrogens with one attached hydrogen (secondary N) is 1. The molecule has 2 aliphatic rings. The number of ether oxygens (including phenoxy) is 2. The molecule has 0 bridgehead atoms. The maximum absolute atomic E-state index is 13.3. The lowest BCUT2D eigenvalue weighted by molar-refractivity contribution is -0.140. The molecular weight excluding hydrogens is 561 g/mol. The Balaban J connectivity index is 1.33. The third-order valence-corrected chi connectivity index (χ3v) is 8.22. The van der Waals surface area contributed by atoms with E-state index in [0.29, 0.717) is 28.8 Å². The summed E-state index contributed by atoms with van der Waals surface area (Å²) in [5.41, 5.74) is 2.36. The Kier molecular flexibility index (Phi) is 10.5. The topological polar surface area (TPSA) is 76.3 Å². The van der Waals surface area contributed by atoms with Gasteiger partial charge in [0.1, 0.15) is 17.9 Å². The summed E-state index contributed by atoms with van der Waals surface area (Å²) in [5, 5.41) is 3.80. The highest BCUT2D eigenvalue weighted by molar-refractivity contribution is 6.42. The number of hydrogen-bond acceptors (Lipinski definition) is 7. The van der Waals surface area contributed by atoms with Gasteiger partial charge in [-0.25, -0.2) is 4.79 Å². The van der Waals surface area contributed by atoms with Gasteiger partial charge < -0.3 is 19.2 Å². The van der Waals surface area contributed by atoms with Gasteiger partial charge in [0.15, 0.2) is 0 Å². The van der Waals surface area contributed by atoms with Crippen molar-refractivity contribution < 1.29 is 18.7 Å². The van der Waals surface area contributed by atoms with Crippen molar-refractivity contribution in [1.82, 2.24) is 10.2 Å². The van der Waals surface area contributed by atoms with Crippen LogP contribution in [0.1, 0.15) is 54.7 Å². The number of nitrogens with zero attached hydrogens (tertiary/aromatic N) is 2. The Morgan fingerprint density at radius 3 is 2.63 bits per heavy atom. The second kappa shape index (κ2) is 14.7. The number of carbonyl (C=O) groups is 1. The number of benzene rings is 2. The molecule has 2 aliphatic heterocycles. The summed E-state index contributed by atoms with van der Waals surface area (Å²) in [7, 11) is 0. The van der Waals surface area contributed by atoms with Gasteiger partial charge in [-0.3, -0.25) is 9.89 Å². The van der Waals surface area contributed by atoms with E-state index in [4.69, 9.17) is 37.1 Å². The molecule has 3 aromatic rings. The number of aliphatic imine (C=N–C) groups is 1. The predicted molar refractivity (Wildman–Crippen MR) is 161 cm³/mol. The van der Waals surface area contributed by atoms with Gasteiger partial charge in [0, 0.05) is 6.20 Å². The maximum atomic E-state index is 13.3. The fraction of sp³-hybridized carbons (Fsp3) is 0.375. The Bertz CT molecular complexity index is 1320. The van der Waals surface area contributed by atoms with E-state index in [1.54, 1.807) is 30.9 Å². The summed E-state index contributed by atoms with van der Waals surface area (Å²) < 4.78 is 18.2. The molecular formula is C32H35Cl2N3O4. The average molecular weight is 597 g/mol. The first kappa shape index (κ1) is 29.4. The highest BCUT2D eigenvalue weighted by Gasteiger charge is 2.35. The molecule has 1 saturated heterocycles. The van der Waals surface area contributed by atoms with Gasteiger partial charge in [-0.05, 0) is 74.2 Å². The molecule has 216 valence electrons. The van der Waals surface area contributed by atoms with E-state index in [1.165, 1.54) is 12.0 Å². The molecule has 3 heterocycles. The lowest BCUT2D eigenvalue weighted by atomic mass is 9.95. The van der Waals surface area contributed by atoms with Crippen molar-refractivity contribution in [3.8, 4) is 0 Å². The van der Waals surface area contributed by atoms with Crippen molar-refractivity contribution >= 4 is 35.5 Å². The second-order valence-electron chi connectivity index (χ2n) is 10.3. The first-order chi connectivity index (χ1) is 20.1. The van der Waals surface area contributed by atoms with Gasteiger partial charge in [-0.1, -0.05) is 66.0 Å². The summed E-state index contributed by atoms with van der Waals surface area (Å²) >= 11 is 12.7. The molecule has 9 heteroatoms. The van der Waals surface area contributed by atoms with E-state index in [2.05, 4.69) is 27.3 Å². The van der Waals surface area contributed by atoms with E-state index in [0.717, 1.165) is 50.1 Å². The van der Waals surface area contributed by atoms with Crippen LogP contribution in [0.25, 0.3) is 0 Å². The van der Waals surface area contributed by atoms with E-state index in [-0.39, 0.29) is 6.04 Å². The minimum Gasteiger partial charge on any atom is -0.468 e. The number of rotatable bonds is 12. The van der Waals surface area contributed by atoms with E-state index in [9.17, 15) is 4.79 Å². The van der Waals surface area contributed by atoms with Crippen LogP contribution in [0.3, 0.4) is 0 Å². The van der Waals surface area contributed by atoms with Gasteiger partial charge in [0.25, 0.3) is 0 Å². The lowest BCUT2D eigenvalue weighted by Crippen LogP contribution is -2.38. The fourth-order valence-electron chi connectivity index (χ4n) is 5.34. The Labute approximate surface area is 251 Å². The minimum absolute atomic E-state index is 0.0707. The average Bonchev–Trinajstić information content (AvgIpc) is 3.55. The predicted octanol–water partition coefficient (Wildman–Crippen LogP) is 6.93. The number of likely N-dealkylation sites (tertiary alicyclic amines) is 1. The van der Waals surface area contributed by atoms with Crippen molar-refractivity contribution in [2.45, 2.75) is 50.3 Å². The largest absolute Gasteiger partial charge is 0.468 e. The normalized spacial score (nSPS) is 18.8. The van der Waals surface area contributed by atoms with Gasteiger partial charge in [-0.2, -0.15) is 0 Å². The molecule has 0 amide bonds. The second-order valence-corrected chi connectivity index (χ2v) is 11.1. The fourth-order valence-corrected chi connectivity index (χ4v) is 5.64. The zero-order valence-corrected chi connectivity index (χ0v) is 24.4. The van der Waals surface area contributed by atoms with Crippen LogP contribution in [0.2, 0.25) is 10.0 Å². The summed E-state index contributed by atoms with van der Waals surface area (Å²) in [4.78, 5) is 20.4. The zero-order chi connectivity index (χ0) is 28.4. The van der Waals surface area contributed by atoms with Crippen LogP contribution in [-0.2, 0) is 20.7 Å². The number of carbonyl (C=O) groups excluding carboxylic acids is 1. The SMILES string of the molecule is O=C(OCCCc1ccccc1)C1=CNC=NC1C(OCC(c1ccco1)N1CCCCC1)c1ccc(Cl)c(Cl)c1. The standard InChI is InChI=1S/C32H35Cl2N3O4/c33-26-14-13-24(19-27(26)34)31(41-21-28(29-12-8-17-39-29)37-15-5-2-6-16-37)30-25(20-35-22-36-30)32(38)40-18-7-11-23-9-3-1-4-10-23/h1,3-4,8-10,12-14,17,19-20,22,28,30-31H,2,5-7,11,15-16,18,21H2,(H,35,36). The summed E-state index contributed by atoms with van der Waals surface area (Å²) in [6.07, 6.45) is 9.32. The molecule has 0 radical (unpaired) electrons. The van der Waals surface area contributed by atoms with Crippen LogP contribution >= 0.6 is 23.2 Å². The van der Waals surface area contributed by atoms with Crippen LogP contribution in [0, 0.1) is 0 Å². The van der Waals surface area contributed by atoms with E-state index < -0.39 is 18.1 Å². The number of aryl methyl sites for hydroxylation is 1.